The lowest BCUT2D eigenvalue weighted by Gasteiger charge is -2.07. The second-order valence-electron chi connectivity index (χ2n) is 5.07. The highest BCUT2D eigenvalue weighted by Crippen LogP contribution is 2.24. The molecule has 0 aliphatic heterocycles. The van der Waals surface area contributed by atoms with E-state index in [-0.39, 0.29) is 11.7 Å². The first-order chi connectivity index (χ1) is 12.8. The van der Waals surface area contributed by atoms with Gasteiger partial charge >= 0.3 is 0 Å². The molecule has 0 bridgehead atoms. The molecule has 0 radical (unpaired) electrons. The van der Waals surface area contributed by atoms with Gasteiger partial charge in [-0.05, 0) is 12.1 Å². The second-order valence-corrected chi connectivity index (χ2v) is 7.96. The molecule has 6 nitrogen and oxygen atoms in total. The van der Waals surface area contributed by atoms with Crippen LogP contribution in [0.15, 0.2) is 64.6 Å². The number of nitrogens with one attached hydrogen (secondary N) is 1. The Labute approximate surface area is 164 Å². The quantitative estimate of drug-likeness (QED) is 0.431. The number of rotatable bonds is 9. The minimum absolute atomic E-state index is 0.113. The van der Waals surface area contributed by atoms with E-state index < -0.39 is 0 Å². The number of hydrogen-bond donors (Lipinski definition) is 1. The van der Waals surface area contributed by atoms with Crippen LogP contribution in [0.4, 0.5) is 5.13 Å². The van der Waals surface area contributed by atoms with E-state index in [0.717, 1.165) is 5.82 Å². The highest BCUT2D eigenvalue weighted by Gasteiger charge is 2.14. The van der Waals surface area contributed by atoms with Crippen LogP contribution in [-0.4, -0.2) is 31.4 Å². The summed E-state index contributed by atoms with van der Waals surface area (Å²) in [4.78, 5) is 17.2. The Morgan fingerprint density at radius 1 is 1.27 bits per heavy atom. The number of thiazole rings is 1. The first-order valence-electron chi connectivity index (χ1n) is 7.79. The zero-order valence-corrected chi connectivity index (χ0v) is 16.3. The average Bonchev–Trinajstić information content (AvgIpc) is 3.30. The van der Waals surface area contributed by atoms with E-state index in [9.17, 15) is 4.79 Å². The van der Waals surface area contributed by atoms with Gasteiger partial charge in [-0.25, -0.2) is 4.98 Å². The molecule has 0 aliphatic carbocycles. The molecule has 0 atom stereocenters. The standard InChI is InChI=1S/C17H17N5OS3/c1-2-9-22-14(11-25-13-6-4-3-5-7-13)20-21-17(22)26-12-15(23)19-16-18-8-10-24-16/h2-8,10H,1,9,11-12H2,(H,18,19,23). The molecular formula is C17H17N5OS3. The van der Waals surface area contributed by atoms with Gasteiger partial charge in [-0.15, -0.1) is 39.9 Å². The SMILES string of the molecule is C=CCn1c(CSc2ccccc2)nnc1SCC(=O)Nc1nccs1. The topological polar surface area (TPSA) is 72.7 Å². The summed E-state index contributed by atoms with van der Waals surface area (Å²) in [5.74, 6) is 1.71. The van der Waals surface area contributed by atoms with Gasteiger partial charge in [0.25, 0.3) is 0 Å². The maximum atomic E-state index is 12.0. The second kappa shape index (κ2) is 9.56. The number of nitrogens with zero attached hydrogens (tertiary/aromatic N) is 4. The summed E-state index contributed by atoms with van der Waals surface area (Å²) in [6.07, 6.45) is 3.46. The number of carbonyl (C=O) groups is 1. The molecule has 1 amide bonds. The molecule has 2 aromatic heterocycles. The van der Waals surface area contributed by atoms with Crippen molar-refractivity contribution in [3.8, 4) is 0 Å². The van der Waals surface area contributed by atoms with Crippen LogP contribution >= 0.6 is 34.9 Å². The summed E-state index contributed by atoms with van der Waals surface area (Å²) in [6, 6.07) is 10.2. The van der Waals surface area contributed by atoms with Crippen LogP contribution in [0, 0.1) is 0 Å². The van der Waals surface area contributed by atoms with E-state index in [1.807, 2.05) is 28.1 Å². The van der Waals surface area contributed by atoms with Crippen molar-refractivity contribution in [3.63, 3.8) is 0 Å². The molecule has 9 heteroatoms. The highest BCUT2D eigenvalue weighted by atomic mass is 32.2. The molecule has 0 aliphatic rings. The Morgan fingerprint density at radius 2 is 2.12 bits per heavy atom. The third-order valence-corrected chi connectivity index (χ3v) is 5.89. The number of hydrogen-bond acceptors (Lipinski definition) is 7. The van der Waals surface area contributed by atoms with E-state index >= 15 is 0 Å². The van der Waals surface area contributed by atoms with Crippen LogP contribution in [0.5, 0.6) is 0 Å². The van der Waals surface area contributed by atoms with Crippen LogP contribution in [0.1, 0.15) is 5.82 Å². The van der Waals surface area contributed by atoms with E-state index in [0.29, 0.717) is 22.6 Å². The van der Waals surface area contributed by atoms with Crippen LogP contribution in [-0.2, 0) is 17.1 Å². The van der Waals surface area contributed by atoms with Crippen LogP contribution in [0.2, 0.25) is 0 Å². The van der Waals surface area contributed by atoms with Gasteiger partial charge in [0, 0.05) is 23.0 Å². The van der Waals surface area contributed by atoms with Gasteiger partial charge in [-0.3, -0.25) is 4.79 Å². The minimum atomic E-state index is -0.113. The Balaban J connectivity index is 1.60. The van der Waals surface area contributed by atoms with Crippen molar-refractivity contribution in [1.82, 2.24) is 19.7 Å². The first-order valence-corrected chi connectivity index (χ1v) is 10.6. The van der Waals surface area contributed by atoms with E-state index in [1.165, 1.54) is 28.0 Å². The molecule has 0 fully saturated rings. The largest absolute Gasteiger partial charge is 0.301 e. The Hall–Kier alpha value is -2.10. The van der Waals surface area contributed by atoms with Gasteiger partial charge in [0.05, 0.1) is 11.5 Å². The summed E-state index contributed by atoms with van der Waals surface area (Å²) >= 11 is 4.45. The monoisotopic (exact) mass is 403 g/mol. The Bertz CT molecular complexity index is 849. The zero-order chi connectivity index (χ0) is 18.2. The number of thioether (sulfide) groups is 2. The van der Waals surface area contributed by atoms with Gasteiger partial charge in [0.15, 0.2) is 10.3 Å². The van der Waals surface area contributed by atoms with Crippen molar-refractivity contribution in [3.05, 3.63) is 60.4 Å². The molecule has 1 N–H and O–H groups in total. The fourth-order valence-corrected chi connectivity index (χ4v) is 4.25. The van der Waals surface area contributed by atoms with Gasteiger partial charge in [0.2, 0.25) is 5.91 Å². The predicted octanol–water partition coefficient (Wildman–Crippen LogP) is 3.94. The third-order valence-electron chi connectivity index (χ3n) is 3.23. The molecule has 26 heavy (non-hydrogen) atoms. The summed E-state index contributed by atoms with van der Waals surface area (Å²) < 4.78 is 1.99. The van der Waals surface area contributed by atoms with Crippen molar-refractivity contribution in [2.45, 2.75) is 22.3 Å². The number of aromatic nitrogens is 4. The van der Waals surface area contributed by atoms with Crippen molar-refractivity contribution in [2.24, 2.45) is 0 Å². The number of benzene rings is 1. The van der Waals surface area contributed by atoms with Gasteiger partial charge < -0.3 is 9.88 Å². The minimum Gasteiger partial charge on any atom is -0.301 e. The van der Waals surface area contributed by atoms with Crippen molar-refractivity contribution in [1.29, 1.82) is 0 Å². The van der Waals surface area contributed by atoms with Gasteiger partial charge in [-0.1, -0.05) is 36.0 Å². The van der Waals surface area contributed by atoms with Crippen LogP contribution < -0.4 is 5.32 Å². The molecule has 0 saturated heterocycles. The van der Waals surface area contributed by atoms with E-state index in [1.54, 1.807) is 24.0 Å². The number of allylic oxidation sites excluding steroid dienone is 1. The smallest absolute Gasteiger partial charge is 0.236 e. The zero-order valence-electron chi connectivity index (χ0n) is 13.9. The molecule has 0 saturated carbocycles. The maximum absolute atomic E-state index is 12.0. The van der Waals surface area contributed by atoms with E-state index in [4.69, 9.17) is 0 Å². The molecule has 1 aromatic carbocycles. The summed E-state index contributed by atoms with van der Waals surface area (Å²) in [7, 11) is 0. The summed E-state index contributed by atoms with van der Waals surface area (Å²) in [5.41, 5.74) is 0. The third kappa shape index (κ3) is 5.20. The maximum Gasteiger partial charge on any atom is 0.236 e. The molecule has 134 valence electrons. The Kier molecular flexibility index (Phi) is 6.87. The lowest BCUT2D eigenvalue weighted by Crippen LogP contribution is -2.14. The van der Waals surface area contributed by atoms with Crippen LogP contribution in [0.3, 0.4) is 0 Å². The van der Waals surface area contributed by atoms with Gasteiger partial charge in [-0.2, -0.15) is 0 Å². The number of amides is 1. The summed E-state index contributed by atoms with van der Waals surface area (Å²) in [6.45, 7) is 4.41. The molecule has 0 spiro atoms. The highest BCUT2D eigenvalue weighted by molar-refractivity contribution is 7.99. The molecule has 3 rings (SSSR count). The lowest BCUT2D eigenvalue weighted by atomic mass is 10.4. The van der Waals surface area contributed by atoms with Crippen molar-refractivity contribution >= 4 is 45.9 Å². The van der Waals surface area contributed by atoms with Crippen molar-refractivity contribution < 1.29 is 4.79 Å². The van der Waals surface area contributed by atoms with Gasteiger partial charge in [0.1, 0.15) is 5.82 Å². The molecule has 0 unspecified atom stereocenters. The molecule has 2 heterocycles. The normalized spacial score (nSPS) is 10.6. The fraction of sp³-hybridized carbons (Fsp3) is 0.176. The van der Waals surface area contributed by atoms with Crippen LogP contribution in [0.25, 0.3) is 0 Å². The first kappa shape index (κ1) is 18.7. The number of carbonyl (C=O) groups excluding carboxylic acids is 1. The van der Waals surface area contributed by atoms with Crippen molar-refractivity contribution in [2.75, 3.05) is 11.1 Å². The summed E-state index contributed by atoms with van der Waals surface area (Å²) in [5, 5.41) is 14.4. The average molecular weight is 404 g/mol. The Morgan fingerprint density at radius 3 is 2.85 bits per heavy atom. The number of anilines is 1. The lowest BCUT2D eigenvalue weighted by molar-refractivity contribution is -0.113. The predicted molar refractivity (Wildman–Crippen MR) is 108 cm³/mol. The molecular weight excluding hydrogens is 386 g/mol. The van der Waals surface area contributed by atoms with E-state index in [2.05, 4.69) is 39.2 Å². The molecule has 3 aromatic rings. The fourth-order valence-electron chi connectivity index (χ4n) is 2.08.